The number of carbonyl (C=O) groups excluding carboxylic acids is 1. The van der Waals surface area contributed by atoms with Crippen molar-refractivity contribution in [1.82, 2.24) is 0 Å². The first-order valence-electron chi connectivity index (χ1n) is 17.7. The predicted octanol–water partition coefficient (Wildman–Crippen LogP) is 10.8. The summed E-state index contributed by atoms with van der Waals surface area (Å²) < 4.78 is 8.02. The molecule has 0 aromatic heterocycles. The van der Waals surface area contributed by atoms with Gasteiger partial charge in [0, 0.05) is 43.8 Å². The highest BCUT2D eigenvalue weighted by Gasteiger charge is 2.29. The Balaban J connectivity index is 0.000000367. The molecule has 288 valence electrons. The van der Waals surface area contributed by atoms with Crippen LogP contribution in [-0.2, 0) is 17.8 Å². The summed E-state index contributed by atoms with van der Waals surface area (Å²) >= 11 is 6.74. The summed E-state index contributed by atoms with van der Waals surface area (Å²) in [7, 11) is 2.89. The molecule has 4 aromatic carbocycles. The lowest BCUT2D eigenvalue weighted by Gasteiger charge is -2.36. The molecule has 7 nitrogen and oxygen atoms in total. The van der Waals surface area contributed by atoms with Gasteiger partial charge in [0.05, 0.1) is 23.3 Å². The number of aldehydes is 1. The maximum atomic E-state index is 11.7. The van der Waals surface area contributed by atoms with Crippen molar-refractivity contribution in [1.29, 1.82) is 0 Å². The Bertz CT molecular complexity index is 1890. The van der Waals surface area contributed by atoms with E-state index in [1.54, 1.807) is 44.3 Å². The minimum Gasteiger partial charge on any atom is -0.457 e. The lowest BCUT2D eigenvalue weighted by molar-refractivity contribution is -0.107. The third-order valence-electron chi connectivity index (χ3n) is 8.10. The summed E-state index contributed by atoms with van der Waals surface area (Å²) in [4.78, 5) is 11.7. The van der Waals surface area contributed by atoms with Crippen LogP contribution in [0.5, 0.6) is 5.75 Å². The maximum Gasteiger partial charge on any atom is 0.127 e. The van der Waals surface area contributed by atoms with Crippen LogP contribution in [0.25, 0.3) is 22.3 Å². The average Bonchev–Trinajstić information content (AvgIpc) is 3.15. The number of hydrogen-bond acceptors (Lipinski definition) is 8. The van der Waals surface area contributed by atoms with Crippen molar-refractivity contribution in [3.63, 3.8) is 0 Å². The van der Waals surface area contributed by atoms with Gasteiger partial charge in [0.15, 0.2) is 0 Å². The van der Waals surface area contributed by atoms with Gasteiger partial charge in [0.1, 0.15) is 17.8 Å². The second-order valence-corrected chi connectivity index (χ2v) is 14.3. The average molecular weight is 768 g/mol. The minimum atomic E-state index is -0.500. The number of fused-ring (bicyclic) bond motifs is 3. The number of hydrogen-bond donors (Lipinski definition) is 4. The number of allylic oxidation sites excluding steroid dienone is 4. The third kappa shape index (κ3) is 13.0. The number of nitrogens with one attached hydrogen (secondary N) is 2. The quantitative estimate of drug-likeness (QED) is 0.0391. The zero-order chi connectivity index (χ0) is 40.4. The highest BCUT2D eigenvalue weighted by atomic mass is 32.2. The number of aliphatic hydroxyl groups excluding tert-OH is 1. The molecular weight excluding hydrogens is 711 g/mol. The van der Waals surface area contributed by atoms with Crippen molar-refractivity contribution >= 4 is 53.0 Å². The second-order valence-electron chi connectivity index (χ2n) is 13.3. The third-order valence-corrected chi connectivity index (χ3v) is 8.97. The number of aliphatic hydroxyl groups is 2. The maximum absolute atomic E-state index is 11.7. The number of anilines is 3. The molecule has 54 heavy (non-hydrogen) atoms. The summed E-state index contributed by atoms with van der Waals surface area (Å²) in [6, 6.07) is 22.8. The van der Waals surface area contributed by atoms with Gasteiger partial charge in [-0.05, 0) is 136 Å². The van der Waals surface area contributed by atoms with Crippen LogP contribution in [-0.4, -0.2) is 48.0 Å². The molecule has 0 atom stereocenters. The van der Waals surface area contributed by atoms with Gasteiger partial charge in [0.25, 0.3) is 0 Å². The Kier molecular flexibility index (Phi) is 19.0. The fraction of sp³-hybridized carbons (Fsp3) is 0.289. The fourth-order valence-electron chi connectivity index (χ4n) is 5.86. The van der Waals surface area contributed by atoms with Gasteiger partial charge in [-0.3, -0.25) is 0 Å². The molecule has 0 saturated carbocycles. The number of carbonyl (C=O) groups is 1. The molecule has 1 aliphatic heterocycles. The van der Waals surface area contributed by atoms with Gasteiger partial charge in [-0.1, -0.05) is 78.8 Å². The van der Waals surface area contributed by atoms with Crippen molar-refractivity contribution in [3.8, 4) is 28.0 Å². The number of aryl methyl sites for hydroxylation is 1. The Morgan fingerprint density at radius 2 is 1.59 bits per heavy atom. The molecule has 1 heterocycles. The number of thiocarbonyl (C=S) groups is 1. The number of benzene rings is 4. The van der Waals surface area contributed by atoms with E-state index in [1.165, 1.54) is 44.6 Å². The van der Waals surface area contributed by atoms with Crippen LogP contribution in [0, 0.1) is 20.8 Å². The van der Waals surface area contributed by atoms with Gasteiger partial charge in [-0.25, -0.2) is 0 Å². The van der Waals surface area contributed by atoms with E-state index in [4.69, 9.17) is 27.2 Å². The Hall–Kier alpha value is -4.67. The molecular formula is C45H57N3O4S2. The number of nitrogens with zero attached hydrogens (tertiary/aromatic N) is 1. The number of ether oxygens (including phenoxy) is 1. The molecule has 9 heteroatoms. The van der Waals surface area contributed by atoms with Crippen molar-refractivity contribution < 1.29 is 19.7 Å². The molecule has 0 unspecified atom stereocenters. The van der Waals surface area contributed by atoms with Crippen LogP contribution in [0.2, 0.25) is 0 Å². The van der Waals surface area contributed by atoms with Crippen molar-refractivity contribution in [3.05, 3.63) is 131 Å². The van der Waals surface area contributed by atoms with Gasteiger partial charge in [0.2, 0.25) is 0 Å². The largest absolute Gasteiger partial charge is 0.457 e. The Morgan fingerprint density at radius 1 is 0.981 bits per heavy atom. The summed E-state index contributed by atoms with van der Waals surface area (Å²) in [6.07, 6.45) is 10.9. The molecule has 0 spiro atoms. The SMILES string of the molecule is C=C/C=C(\C=C/C)Oc1ccc(NC)cc1.CC(C)(C)O.CO.CSN1Cc2ccc(NC=S)cc2-c2c(C)c(-c3ccc(C)cc3)c(CC=O)c(C)c21. The monoisotopic (exact) mass is 767 g/mol. The van der Waals surface area contributed by atoms with E-state index in [0.29, 0.717) is 6.42 Å². The first kappa shape index (κ1) is 45.5. The van der Waals surface area contributed by atoms with Crippen LogP contribution >= 0.6 is 24.2 Å². The van der Waals surface area contributed by atoms with Gasteiger partial charge < -0.3 is 34.7 Å². The van der Waals surface area contributed by atoms with Crippen LogP contribution in [0.15, 0.2) is 103 Å². The predicted molar refractivity (Wildman–Crippen MR) is 238 cm³/mol. The van der Waals surface area contributed by atoms with Crippen LogP contribution in [0.1, 0.15) is 55.5 Å². The first-order chi connectivity index (χ1) is 25.8. The van der Waals surface area contributed by atoms with Crippen molar-refractivity contribution in [2.24, 2.45) is 0 Å². The number of rotatable bonds is 11. The van der Waals surface area contributed by atoms with E-state index < -0.39 is 5.60 Å². The lowest BCUT2D eigenvalue weighted by atomic mass is 9.81. The van der Waals surface area contributed by atoms with Crippen LogP contribution in [0.4, 0.5) is 17.1 Å². The summed E-state index contributed by atoms with van der Waals surface area (Å²) in [5.74, 6) is 1.58. The molecule has 0 amide bonds. The molecule has 1 aliphatic rings. The van der Waals surface area contributed by atoms with Gasteiger partial charge in [-0.2, -0.15) is 0 Å². The minimum absolute atomic E-state index is 0.407. The molecule has 0 fully saturated rings. The molecule has 5 rings (SSSR count). The van der Waals surface area contributed by atoms with Gasteiger partial charge >= 0.3 is 0 Å². The molecule has 4 aromatic rings. The fourth-order valence-corrected chi connectivity index (χ4v) is 6.68. The highest BCUT2D eigenvalue weighted by Crippen LogP contribution is 2.50. The van der Waals surface area contributed by atoms with E-state index in [0.717, 1.165) is 54.0 Å². The topological polar surface area (TPSA) is 94.1 Å². The van der Waals surface area contributed by atoms with Crippen molar-refractivity contribution in [2.45, 2.75) is 67.0 Å². The standard InChI is InChI=1S/C26H26N2OS2.C14H17NO.C4H10O.CH4O/c1-16-5-7-19(8-6-16)24-18(3)25-23-13-21(27-15-30)10-9-20(23)14-28(31-4)26(25)17(2)22(24)11-12-29;1-4-6-13(7-5-2)16-14-10-8-12(15-3)9-11-14;1-4(2,3)5;1-2/h5-10,12-13,15H,11,14H2,1-4H3,(H,27,30);4-11,15H,1H2,2-3H3;5H,1-3H3;2H,1H3/b;7-5-,13-6+;;. The summed E-state index contributed by atoms with van der Waals surface area (Å²) in [5, 5.41) is 21.7. The Morgan fingerprint density at radius 3 is 2.11 bits per heavy atom. The molecule has 0 aliphatic carbocycles. The summed E-state index contributed by atoms with van der Waals surface area (Å²) in [6.45, 7) is 18.1. The van der Waals surface area contributed by atoms with E-state index in [2.05, 4.69) is 91.0 Å². The second kappa shape index (κ2) is 22.5. The van der Waals surface area contributed by atoms with E-state index in [-0.39, 0.29) is 0 Å². The van der Waals surface area contributed by atoms with E-state index >= 15 is 0 Å². The highest BCUT2D eigenvalue weighted by molar-refractivity contribution is 7.99. The van der Waals surface area contributed by atoms with E-state index in [1.807, 2.05) is 56.5 Å². The van der Waals surface area contributed by atoms with E-state index in [9.17, 15) is 4.79 Å². The molecule has 0 saturated heterocycles. The first-order valence-corrected chi connectivity index (χ1v) is 19.3. The van der Waals surface area contributed by atoms with Crippen LogP contribution in [0.3, 0.4) is 0 Å². The van der Waals surface area contributed by atoms with Gasteiger partial charge in [-0.15, -0.1) is 0 Å². The summed E-state index contributed by atoms with van der Waals surface area (Å²) in [5.41, 5.74) is 15.1. The lowest BCUT2D eigenvalue weighted by Crippen LogP contribution is -2.22. The zero-order valence-electron chi connectivity index (χ0n) is 33.4. The molecule has 4 N–H and O–H groups in total. The molecule has 0 bridgehead atoms. The Labute approximate surface area is 333 Å². The smallest absolute Gasteiger partial charge is 0.127 e. The normalized spacial score (nSPS) is 11.6. The zero-order valence-corrected chi connectivity index (χ0v) is 35.0. The van der Waals surface area contributed by atoms with Crippen molar-refractivity contribution in [2.75, 3.05) is 35.4 Å². The molecule has 0 radical (unpaired) electrons. The van der Waals surface area contributed by atoms with Crippen LogP contribution < -0.4 is 19.7 Å².